The Labute approximate surface area is 162 Å². The summed E-state index contributed by atoms with van der Waals surface area (Å²) in [7, 11) is 0. The number of pyridine rings is 1. The van der Waals surface area contributed by atoms with Crippen LogP contribution in [0.4, 0.5) is 0 Å². The average Bonchev–Trinajstić information content (AvgIpc) is 3.23. The molecule has 0 saturated heterocycles. The maximum absolute atomic E-state index is 12.0. The Balaban J connectivity index is 1.94. The van der Waals surface area contributed by atoms with Crippen LogP contribution in [0, 0.1) is 11.3 Å². The first-order valence-electron chi connectivity index (χ1n) is 8.99. The van der Waals surface area contributed by atoms with Gasteiger partial charge in [0.05, 0.1) is 18.0 Å². The van der Waals surface area contributed by atoms with Gasteiger partial charge in [0.15, 0.2) is 0 Å². The molecule has 4 aromatic rings. The third-order valence-corrected chi connectivity index (χ3v) is 4.83. The molecular formula is C23H18N4O. The molecule has 28 heavy (non-hydrogen) atoms. The molecule has 2 heterocycles. The SMILES string of the molecule is N#Cc1cccc(C(c2ccccc2)c2cc[nH]c(=O)c2)c1Cc1cnc[nH]1. The molecule has 0 spiro atoms. The van der Waals surface area contributed by atoms with Crippen LogP contribution in [0.25, 0.3) is 0 Å². The van der Waals surface area contributed by atoms with Crippen molar-refractivity contribution in [1.82, 2.24) is 15.0 Å². The normalized spacial score (nSPS) is 11.7. The first-order valence-corrected chi connectivity index (χ1v) is 8.99. The number of hydrogen-bond acceptors (Lipinski definition) is 3. The summed E-state index contributed by atoms with van der Waals surface area (Å²) in [6, 6.07) is 21.6. The average molecular weight is 366 g/mol. The van der Waals surface area contributed by atoms with E-state index in [1.807, 2.05) is 54.6 Å². The van der Waals surface area contributed by atoms with Gasteiger partial charge in [-0.05, 0) is 34.4 Å². The maximum atomic E-state index is 12.0. The van der Waals surface area contributed by atoms with E-state index in [0.717, 1.165) is 27.9 Å². The number of aromatic nitrogens is 3. The van der Waals surface area contributed by atoms with Crippen LogP contribution in [0.2, 0.25) is 0 Å². The van der Waals surface area contributed by atoms with Crippen molar-refractivity contribution >= 4 is 0 Å². The number of benzene rings is 2. The molecule has 0 fully saturated rings. The highest BCUT2D eigenvalue weighted by Gasteiger charge is 2.22. The number of nitrogens with one attached hydrogen (secondary N) is 2. The molecule has 0 amide bonds. The van der Waals surface area contributed by atoms with Crippen LogP contribution in [0.5, 0.6) is 0 Å². The third-order valence-electron chi connectivity index (χ3n) is 4.83. The van der Waals surface area contributed by atoms with Gasteiger partial charge in [0.2, 0.25) is 5.56 Å². The summed E-state index contributed by atoms with van der Waals surface area (Å²) in [5.74, 6) is -0.158. The number of nitrogens with zero attached hydrogens (tertiary/aromatic N) is 2. The van der Waals surface area contributed by atoms with E-state index in [2.05, 4.69) is 21.0 Å². The van der Waals surface area contributed by atoms with Crippen LogP contribution in [0.1, 0.15) is 39.4 Å². The topological polar surface area (TPSA) is 85.3 Å². The molecule has 0 aliphatic heterocycles. The molecule has 2 N–H and O–H groups in total. The number of rotatable bonds is 5. The number of imidazole rings is 1. The van der Waals surface area contributed by atoms with E-state index in [1.54, 1.807) is 24.8 Å². The highest BCUT2D eigenvalue weighted by atomic mass is 16.1. The van der Waals surface area contributed by atoms with E-state index in [9.17, 15) is 10.1 Å². The van der Waals surface area contributed by atoms with Crippen molar-refractivity contribution in [3.05, 3.63) is 123 Å². The fraction of sp³-hybridized carbons (Fsp3) is 0.0870. The summed E-state index contributed by atoms with van der Waals surface area (Å²) in [6.45, 7) is 0. The molecule has 2 aromatic heterocycles. The van der Waals surface area contributed by atoms with Gasteiger partial charge in [-0.1, -0.05) is 42.5 Å². The maximum Gasteiger partial charge on any atom is 0.248 e. The lowest BCUT2D eigenvalue weighted by Crippen LogP contribution is -2.12. The van der Waals surface area contributed by atoms with Crippen molar-refractivity contribution in [3.63, 3.8) is 0 Å². The first kappa shape index (κ1) is 17.5. The zero-order chi connectivity index (χ0) is 19.3. The van der Waals surface area contributed by atoms with E-state index < -0.39 is 0 Å². The van der Waals surface area contributed by atoms with Gasteiger partial charge in [-0.3, -0.25) is 4.79 Å². The highest BCUT2D eigenvalue weighted by Crippen LogP contribution is 2.35. The van der Waals surface area contributed by atoms with Crippen LogP contribution in [0.15, 0.2) is 84.2 Å². The molecule has 0 aliphatic rings. The van der Waals surface area contributed by atoms with E-state index in [4.69, 9.17) is 0 Å². The molecule has 5 nitrogen and oxygen atoms in total. The second-order valence-corrected chi connectivity index (χ2v) is 6.57. The molecule has 4 rings (SSSR count). The highest BCUT2D eigenvalue weighted by molar-refractivity contribution is 5.52. The lowest BCUT2D eigenvalue weighted by Gasteiger charge is -2.22. The molecule has 2 aromatic carbocycles. The van der Waals surface area contributed by atoms with Crippen molar-refractivity contribution in [2.45, 2.75) is 12.3 Å². The minimum Gasteiger partial charge on any atom is -0.348 e. The molecule has 0 aliphatic carbocycles. The van der Waals surface area contributed by atoms with Gasteiger partial charge in [-0.15, -0.1) is 0 Å². The van der Waals surface area contributed by atoms with Crippen molar-refractivity contribution < 1.29 is 0 Å². The monoisotopic (exact) mass is 366 g/mol. The quantitative estimate of drug-likeness (QED) is 0.564. The molecule has 0 saturated carbocycles. The Morgan fingerprint density at radius 1 is 1.00 bits per heavy atom. The number of H-pyrrole nitrogens is 2. The molecule has 0 radical (unpaired) electrons. The molecular weight excluding hydrogens is 348 g/mol. The van der Waals surface area contributed by atoms with Gasteiger partial charge in [0, 0.05) is 36.5 Å². The Kier molecular flexibility index (Phi) is 4.85. The van der Waals surface area contributed by atoms with Crippen molar-refractivity contribution in [3.8, 4) is 6.07 Å². The van der Waals surface area contributed by atoms with Crippen LogP contribution < -0.4 is 5.56 Å². The summed E-state index contributed by atoms with van der Waals surface area (Å²) in [4.78, 5) is 21.9. The molecule has 1 atom stereocenters. The fourth-order valence-electron chi connectivity index (χ4n) is 3.59. The molecule has 0 bridgehead atoms. The standard InChI is InChI=1S/C23H18N4O/c24-13-18-7-4-8-20(21(18)12-19-14-25-15-27-19)23(16-5-2-1-3-6-16)17-9-10-26-22(28)11-17/h1-11,14-15,23H,12H2,(H,25,27)(H,26,28). The smallest absolute Gasteiger partial charge is 0.248 e. The van der Waals surface area contributed by atoms with E-state index in [0.29, 0.717) is 12.0 Å². The Morgan fingerprint density at radius 3 is 2.57 bits per heavy atom. The summed E-state index contributed by atoms with van der Waals surface area (Å²) in [6.07, 6.45) is 5.63. The van der Waals surface area contributed by atoms with Crippen molar-refractivity contribution in [2.75, 3.05) is 0 Å². The number of aromatic amines is 2. The van der Waals surface area contributed by atoms with Crippen LogP contribution in [0.3, 0.4) is 0 Å². The fourth-order valence-corrected chi connectivity index (χ4v) is 3.59. The van der Waals surface area contributed by atoms with Crippen LogP contribution in [-0.4, -0.2) is 15.0 Å². The molecule has 5 heteroatoms. The lowest BCUT2D eigenvalue weighted by molar-refractivity contribution is 0.929. The van der Waals surface area contributed by atoms with Crippen molar-refractivity contribution in [2.24, 2.45) is 0 Å². The third kappa shape index (κ3) is 3.49. The lowest BCUT2D eigenvalue weighted by atomic mass is 9.81. The predicted octanol–water partition coefficient (Wildman–Crippen LogP) is 3.74. The van der Waals surface area contributed by atoms with E-state index in [1.165, 1.54) is 0 Å². The number of hydrogen-bond donors (Lipinski definition) is 2. The minimum absolute atomic E-state index is 0.148. The van der Waals surface area contributed by atoms with Crippen LogP contribution >= 0.6 is 0 Å². The van der Waals surface area contributed by atoms with Crippen LogP contribution in [-0.2, 0) is 6.42 Å². The van der Waals surface area contributed by atoms with E-state index in [-0.39, 0.29) is 11.5 Å². The number of nitriles is 1. The zero-order valence-corrected chi connectivity index (χ0v) is 15.1. The van der Waals surface area contributed by atoms with Gasteiger partial charge < -0.3 is 9.97 Å². The summed E-state index contributed by atoms with van der Waals surface area (Å²) >= 11 is 0. The second-order valence-electron chi connectivity index (χ2n) is 6.57. The molecule has 136 valence electrons. The van der Waals surface area contributed by atoms with Crippen molar-refractivity contribution in [1.29, 1.82) is 5.26 Å². The largest absolute Gasteiger partial charge is 0.348 e. The summed E-state index contributed by atoms with van der Waals surface area (Å²) in [5.41, 5.74) is 5.29. The summed E-state index contributed by atoms with van der Waals surface area (Å²) in [5, 5.41) is 9.71. The zero-order valence-electron chi connectivity index (χ0n) is 15.1. The first-order chi connectivity index (χ1) is 13.8. The van der Waals surface area contributed by atoms with E-state index >= 15 is 0 Å². The summed E-state index contributed by atoms with van der Waals surface area (Å²) < 4.78 is 0. The van der Waals surface area contributed by atoms with Gasteiger partial charge >= 0.3 is 0 Å². The van der Waals surface area contributed by atoms with Gasteiger partial charge in [0.25, 0.3) is 0 Å². The molecule has 1 unspecified atom stereocenters. The van der Waals surface area contributed by atoms with Gasteiger partial charge in [-0.2, -0.15) is 5.26 Å². The Bertz CT molecular complexity index is 1170. The Morgan fingerprint density at radius 2 is 1.86 bits per heavy atom. The van der Waals surface area contributed by atoms with Gasteiger partial charge in [-0.25, -0.2) is 4.98 Å². The second kappa shape index (κ2) is 7.77. The predicted molar refractivity (Wildman–Crippen MR) is 107 cm³/mol. The van der Waals surface area contributed by atoms with Gasteiger partial charge in [0.1, 0.15) is 0 Å². The minimum atomic E-state index is -0.158. The Hall–Kier alpha value is -3.91.